The van der Waals surface area contributed by atoms with E-state index in [1.54, 1.807) is 0 Å². The SMILES string of the molecule is CCCN(CCN(C)C)CC(Cl)C(=O)O. The van der Waals surface area contributed by atoms with Gasteiger partial charge in [-0.3, -0.25) is 4.79 Å². The van der Waals surface area contributed by atoms with Gasteiger partial charge in [0.25, 0.3) is 0 Å². The lowest BCUT2D eigenvalue weighted by atomic mass is 10.3. The summed E-state index contributed by atoms with van der Waals surface area (Å²) in [5.41, 5.74) is 0. The number of hydrogen-bond acceptors (Lipinski definition) is 3. The number of carboxylic acid groups (broad SMARTS) is 1. The summed E-state index contributed by atoms with van der Waals surface area (Å²) in [5, 5.41) is 7.90. The van der Waals surface area contributed by atoms with E-state index in [1.807, 2.05) is 14.1 Å². The van der Waals surface area contributed by atoms with Crippen molar-refractivity contribution in [3.8, 4) is 0 Å². The van der Waals surface area contributed by atoms with Crippen LogP contribution >= 0.6 is 11.6 Å². The summed E-state index contributed by atoms with van der Waals surface area (Å²) < 4.78 is 0. The fourth-order valence-corrected chi connectivity index (χ4v) is 1.45. The van der Waals surface area contributed by atoms with E-state index >= 15 is 0 Å². The maximum atomic E-state index is 10.6. The molecule has 0 aliphatic heterocycles. The molecule has 0 amide bonds. The fourth-order valence-electron chi connectivity index (χ4n) is 1.26. The van der Waals surface area contributed by atoms with Gasteiger partial charge in [0.05, 0.1) is 0 Å². The van der Waals surface area contributed by atoms with Gasteiger partial charge in [-0.25, -0.2) is 0 Å². The van der Waals surface area contributed by atoms with Gasteiger partial charge in [-0.2, -0.15) is 0 Å². The molecule has 0 rings (SSSR count). The third kappa shape index (κ3) is 7.59. The van der Waals surface area contributed by atoms with Crippen molar-refractivity contribution in [2.24, 2.45) is 0 Å². The van der Waals surface area contributed by atoms with Crippen LogP contribution < -0.4 is 0 Å². The van der Waals surface area contributed by atoms with Crippen molar-refractivity contribution >= 4 is 17.6 Å². The van der Waals surface area contributed by atoms with Gasteiger partial charge in [-0.1, -0.05) is 6.92 Å². The molecular weight excluding hydrogens is 216 g/mol. The van der Waals surface area contributed by atoms with Crippen LogP contribution in [0, 0.1) is 0 Å². The van der Waals surface area contributed by atoms with Crippen LogP contribution in [0.25, 0.3) is 0 Å². The molecule has 90 valence electrons. The van der Waals surface area contributed by atoms with E-state index in [2.05, 4.69) is 16.7 Å². The first kappa shape index (κ1) is 14.7. The predicted octanol–water partition coefficient (Wildman–Crippen LogP) is 0.952. The summed E-state index contributed by atoms with van der Waals surface area (Å²) in [7, 11) is 4.00. The molecule has 0 aromatic heterocycles. The Hall–Kier alpha value is -0.320. The number of carboxylic acids is 1. The molecule has 1 N–H and O–H groups in total. The van der Waals surface area contributed by atoms with Crippen molar-refractivity contribution in [2.45, 2.75) is 18.7 Å². The summed E-state index contributed by atoms with van der Waals surface area (Å²) in [5.74, 6) is -0.942. The lowest BCUT2D eigenvalue weighted by Gasteiger charge is -2.24. The zero-order chi connectivity index (χ0) is 11.8. The zero-order valence-electron chi connectivity index (χ0n) is 9.74. The molecule has 0 aromatic carbocycles. The van der Waals surface area contributed by atoms with Gasteiger partial charge >= 0.3 is 5.97 Å². The third-order valence-corrected chi connectivity index (χ3v) is 2.41. The Labute approximate surface area is 96.8 Å². The quantitative estimate of drug-likeness (QED) is 0.638. The largest absolute Gasteiger partial charge is 0.480 e. The van der Waals surface area contributed by atoms with Gasteiger partial charge in [0.15, 0.2) is 0 Å². The number of hydrogen-bond donors (Lipinski definition) is 1. The molecule has 4 nitrogen and oxygen atoms in total. The van der Waals surface area contributed by atoms with E-state index in [-0.39, 0.29) is 0 Å². The molecule has 0 aromatic rings. The summed E-state index contributed by atoms with van der Waals surface area (Å²) in [6, 6.07) is 0. The van der Waals surface area contributed by atoms with E-state index in [9.17, 15) is 4.79 Å². The number of halogens is 1. The van der Waals surface area contributed by atoms with E-state index < -0.39 is 11.3 Å². The average molecular weight is 237 g/mol. The Balaban J connectivity index is 3.97. The molecule has 0 spiro atoms. The van der Waals surface area contributed by atoms with E-state index in [4.69, 9.17) is 16.7 Å². The van der Waals surface area contributed by atoms with Crippen molar-refractivity contribution < 1.29 is 9.90 Å². The molecule has 0 aliphatic rings. The first-order chi connectivity index (χ1) is 6.97. The molecule has 0 radical (unpaired) electrons. The number of alkyl halides is 1. The zero-order valence-corrected chi connectivity index (χ0v) is 10.5. The van der Waals surface area contributed by atoms with Gasteiger partial charge in [0.2, 0.25) is 0 Å². The second kappa shape index (κ2) is 7.91. The van der Waals surface area contributed by atoms with Crippen molar-refractivity contribution in [1.29, 1.82) is 0 Å². The Morgan fingerprint density at radius 3 is 2.33 bits per heavy atom. The molecule has 1 atom stereocenters. The normalized spacial score (nSPS) is 13.5. The fraction of sp³-hybridized carbons (Fsp3) is 0.900. The molecule has 0 aliphatic carbocycles. The topological polar surface area (TPSA) is 43.8 Å². The molecule has 15 heavy (non-hydrogen) atoms. The Morgan fingerprint density at radius 1 is 1.33 bits per heavy atom. The van der Waals surface area contributed by atoms with Crippen LogP contribution in [0.5, 0.6) is 0 Å². The van der Waals surface area contributed by atoms with Crippen molar-refractivity contribution in [2.75, 3.05) is 40.3 Å². The summed E-state index contributed by atoms with van der Waals surface area (Å²) in [6.07, 6.45) is 1.01. The Kier molecular flexibility index (Phi) is 7.74. The van der Waals surface area contributed by atoms with Gasteiger partial charge in [-0.15, -0.1) is 11.6 Å². The molecule has 0 bridgehead atoms. The molecule has 0 fully saturated rings. The number of carbonyl (C=O) groups is 1. The lowest BCUT2D eigenvalue weighted by Crippen LogP contribution is -2.38. The van der Waals surface area contributed by atoms with Crippen molar-refractivity contribution in [1.82, 2.24) is 9.80 Å². The number of likely N-dealkylation sites (N-methyl/N-ethyl adjacent to an activating group) is 1. The predicted molar refractivity (Wildman–Crippen MR) is 62.6 cm³/mol. The minimum absolute atomic E-state index is 0.415. The summed E-state index contributed by atoms with van der Waals surface area (Å²) >= 11 is 5.71. The minimum Gasteiger partial charge on any atom is -0.480 e. The van der Waals surface area contributed by atoms with E-state index in [0.717, 1.165) is 26.1 Å². The first-order valence-corrected chi connectivity index (χ1v) is 5.65. The van der Waals surface area contributed by atoms with E-state index in [0.29, 0.717) is 6.54 Å². The second-order valence-electron chi connectivity index (χ2n) is 3.91. The maximum Gasteiger partial charge on any atom is 0.322 e. The average Bonchev–Trinajstić information content (AvgIpc) is 2.14. The van der Waals surface area contributed by atoms with Crippen LogP contribution in [0.4, 0.5) is 0 Å². The molecular formula is C10H21ClN2O2. The highest BCUT2D eigenvalue weighted by atomic mass is 35.5. The number of nitrogens with zero attached hydrogens (tertiary/aromatic N) is 2. The molecule has 0 heterocycles. The van der Waals surface area contributed by atoms with Gasteiger partial charge in [0.1, 0.15) is 5.38 Å². The third-order valence-electron chi connectivity index (χ3n) is 2.09. The summed E-state index contributed by atoms with van der Waals surface area (Å²) in [6.45, 7) is 5.16. The number of aliphatic carboxylic acids is 1. The van der Waals surface area contributed by atoms with Gasteiger partial charge in [-0.05, 0) is 27.1 Å². The highest BCUT2D eigenvalue weighted by molar-refractivity contribution is 6.29. The van der Waals surface area contributed by atoms with Crippen LogP contribution in [-0.2, 0) is 4.79 Å². The minimum atomic E-state index is -0.942. The van der Waals surface area contributed by atoms with Crippen LogP contribution in [-0.4, -0.2) is 66.5 Å². The smallest absolute Gasteiger partial charge is 0.322 e. The van der Waals surface area contributed by atoms with Crippen molar-refractivity contribution in [3.05, 3.63) is 0 Å². The van der Waals surface area contributed by atoms with Crippen LogP contribution in [0.3, 0.4) is 0 Å². The highest BCUT2D eigenvalue weighted by Gasteiger charge is 2.17. The van der Waals surface area contributed by atoms with Gasteiger partial charge < -0.3 is 14.9 Å². The molecule has 1 unspecified atom stereocenters. The Bertz CT molecular complexity index is 188. The monoisotopic (exact) mass is 236 g/mol. The molecule has 5 heteroatoms. The van der Waals surface area contributed by atoms with Crippen LogP contribution in [0.1, 0.15) is 13.3 Å². The van der Waals surface area contributed by atoms with Crippen LogP contribution in [0.2, 0.25) is 0 Å². The second-order valence-corrected chi connectivity index (χ2v) is 4.44. The first-order valence-electron chi connectivity index (χ1n) is 5.21. The number of rotatable bonds is 8. The lowest BCUT2D eigenvalue weighted by molar-refractivity contribution is -0.136. The molecule has 0 saturated carbocycles. The summed E-state index contributed by atoms with van der Waals surface area (Å²) in [4.78, 5) is 14.8. The van der Waals surface area contributed by atoms with E-state index in [1.165, 1.54) is 0 Å². The van der Waals surface area contributed by atoms with Crippen molar-refractivity contribution in [3.63, 3.8) is 0 Å². The van der Waals surface area contributed by atoms with Gasteiger partial charge in [0, 0.05) is 19.6 Å². The molecule has 0 saturated heterocycles. The van der Waals surface area contributed by atoms with Crippen LogP contribution in [0.15, 0.2) is 0 Å². The maximum absolute atomic E-state index is 10.6. The Morgan fingerprint density at radius 2 is 1.93 bits per heavy atom. The highest BCUT2D eigenvalue weighted by Crippen LogP contribution is 2.01. The standard InChI is InChI=1S/C10H21ClN2O2/c1-4-5-13(7-6-12(2)3)8-9(11)10(14)15/h9H,4-8H2,1-3H3,(H,14,15).